The molecular formula is C16H23N3O3S. The highest BCUT2D eigenvalue weighted by Gasteiger charge is 2.26. The van der Waals surface area contributed by atoms with Crippen LogP contribution in [0, 0.1) is 5.92 Å². The molecule has 0 aliphatic carbocycles. The highest BCUT2D eigenvalue weighted by atomic mass is 32.2. The molecule has 2 saturated heterocycles. The summed E-state index contributed by atoms with van der Waals surface area (Å²) in [6.07, 6.45) is 3.26. The molecule has 126 valence electrons. The van der Waals surface area contributed by atoms with E-state index in [-0.39, 0.29) is 17.6 Å². The molecule has 0 saturated carbocycles. The maximum atomic E-state index is 12.3. The van der Waals surface area contributed by atoms with Crippen LogP contribution < -0.4 is 14.9 Å². The van der Waals surface area contributed by atoms with Crippen molar-refractivity contribution in [3.63, 3.8) is 0 Å². The van der Waals surface area contributed by atoms with Gasteiger partial charge in [-0.05, 0) is 57.0 Å². The zero-order valence-electron chi connectivity index (χ0n) is 13.1. The van der Waals surface area contributed by atoms with E-state index >= 15 is 0 Å². The van der Waals surface area contributed by atoms with Crippen LogP contribution >= 0.6 is 0 Å². The second-order valence-corrected chi connectivity index (χ2v) is 8.17. The van der Waals surface area contributed by atoms with E-state index in [9.17, 15) is 13.2 Å². The summed E-state index contributed by atoms with van der Waals surface area (Å²) < 4.78 is 25.8. The first kappa shape index (κ1) is 16.3. The minimum Gasteiger partial charge on any atom is -0.326 e. The van der Waals surface area contributed by atoms with E-state index in [1.165, 1.54) is 4.31 Å². The first-order valence-corrected chi connectivity index (χ1v) is 9.79. The molecule has 7 heteroatoms. The Hall–Kier alpha value is -1.60. The normalized spacial score (nSPS) is 21.8. The summed E-state index contributed by atoms with van der Waals surface area (Å²) >= 11 is 0. The number of carbonyl (C=O) groups is 1. The fourth-order valence-corrected chi connectivity index (χ4v) is 4.78. The van der Waals surface area contributed by atoms with Crippen LogP contribution in [0.4, 0.5) is 11.4 Å². The number of piperidine rings is 1. The quantitative estimate of drug-likeness (QED) is 0.877. The number of carbonyl (C=O) groups excluding carboxylic acids is 1. The molecule has 0 unspecified atom stereocenters. The van der Waals surface area contributed by atoms with Gasteiger partial charge in [-0.25, -0.2) is 8.42 Å². The zero-order chi connectivity index (χ0) is 16.3. The van der Waals surface area contributed by atoms with Gasteiger partial charge in [0.1, 0.15) is 0 Å². The Morgan fingerprint density at radius 2 is 2.00 bits per heavy atom. The van der Waals surface area contributed by atoms with E-state index in [2.05, 4.69) is 10.6 Å². The SMILES string of the molecule is O=C(Nc1cccc(N2CCCCS2(=O)=O)c1)C1CCNCC1. The van der Waals surface area contributed by atoms with Crippen molar-refractivity contribution in [1.29, 1.82) is 0 Å². The van der Waals surface area contributed by atoms with Crippen LogP contribution in [-0.4, -0.2) is 39.7 Å². The van der Waals surface area contributed by atoms with Gasteiger partial charge in [0.15, 0.2) is 0 Å². The molecule has 2 aliphatic rings. The average Bonchev–Trinajstić information content (AvgIpc) is 2.55. The molecule has 0 aromatic heterocycles. The Bertz CT molecular complexity index is 669. The number of amides is 1. The summed E-state index contributed by atoms with van der Waals surface area (Å²) in [5.74, 6) is 0.238. The standard InChI is InChI=1S/C16H23N3O3S/c20-16(13-6-8-17-9-7-13)18-14-4-3-5-15(12-14)19-10-1-2-11-23(19,21)22/h3-5,12-13,17H,1-2,6-11H2,(H,18,20). The molecule has 2 N–H and O–H groups in total. The van der Waals surface area contributed by atoms with Gasteiger partial charge in [-0.15, -0.1) is 0 Å². The molecule has 0 atom stereocenters. The molecule has 1 amide bonds. The molecule has 0 radical (unpaired) electrons. The summed E-state index contributed by atoms with van der Waals surface area (Å²) in [6, 6.07) is 7.13. The molecule has 0 bridgehead atoms. The monoisotopic (exact) mass is 337 g/mol. The average molecular weight is 337 g/mol. The molecule has 2 heterocycles. The summed E-state index contributed by atoms with van der Waals surface area (Å²) in [6.45, 7) is 2.24. The summed E-state index contributed by atoms with van der Waals surface area (Å²) in [4.78, 5) is 12.3. The second-order valence-electron chi connectivity index (χ2n) is 6.16. The number of anilines is 2. The van der Waals surface area contributed by atoms with Crippen molar-refractivity contribution in [1.82, 2.24) is 5.32 Å². The van der Waals surface area contributed by atoms with E-state index in [4.69, 9.17) is 0 Å². The smallest absolute Gasteiger partial charge is 0.235 e. The third-order valence-corrected chi connectivity index (χ3v) is 6.33. The molecule has 2 fully saturated rings. The van der Waals surface area contributed by atoms with E-state index in [0.717, 1.165) is 32.4 Å². The molecule has 6 nitrogen and oxygen atoms in total. The number of hydrogen-bond acceptors (Lipinski definition) is 4. The Kier molecular flexibility index (Phi) is 4.87. The summed E-state index contributed by atoms with van der Waals surface area (Å²) in [7, 11) is -3.23. The third-order valence-electron chi connectivity index (χ3n) is 4.46. The maximum absolute atomic E-state index is 12.3. The van der Waals surface area contributed by atoms with Gasteiger partial charge in [0.2, 0.25) is 15.9 Å². The second kappa shape index (κ2) is 6.88. The Labute approximate surface area is 137 Å². The van der Waals surface area contributed by atoms with Crippen LogP contribution in [0.3, 0.4) is 0 Å². The van der Waals surface area contributed by atoms with E-state index in [1.807, 2.05) is 0 Å². The lowest BCUT2D eigenvalue weighted by atomic mass is 9.97. The van der Waals surface area contributed by atoms with Crippen LogP contribution in [0.25, 0.3) is 0 Å². The first-order valence-electron chi connectivity index (χ1n) is 8.18. The number of nitrogens with one attached hydrogen (secondary N) is 2. The molecule has 23 heavy (non-hydrogen) atoms. The topological polar surface area (TPSA) is 78.5 Å². The van der Waals surface area contributed by atoms with E-state index in [0.29, 0.717) is 24.3 Å². The van der Waals surface area contributed by atoms with Crippen molar-refractivity contribution in [2.45, 2.75) is 25.7 Å². The van der Waals surface area contributed by atoms with E-state index < -0.39 is 10.0 Å². The van der Waals surface area contributed by atoms with Crippen LogP contribution in [0.15, 0.2) is 24.3 Å². The molecular weight excluding hydrogens is 314 g/mol. The van der Waals surface area contributed by atoms with Crippen LogP contribution in [0.2, 0.25) is 0 Å². The van der Waals surface area contributed by atoms with Gasteiger partial charge < -0.3 is 10.6 Å². The highest BCUT2D eigenvalue weighted by Crippen LogP contribution is 2.26. The number of rotatable bonds is 3. The molecule has 1 aromatic carbocycles. The van der Waals surface area contributed by atoms with Crippen molar-refractivity contribution < 1.29 is 13.2 Å². The maximum Gasteiger partial charge on any atom is 0.235 e. The Morgan fingerprint density at radius 1 is 1.22 bits per heavy atom. The number of sulfonamides is 1. The molecule has 2 aliphatic heterocycles. The van der Waals surface area contributed by atoms with Crippen LogP contribution in [-0.2, 0) is 14.8 Å². The largest absolute Gasteiger partial charge is 0.326 e. The third kappa shape index (κ3) is 3.84. The Morgan fingerprint density at radius 3 is 2.74 bits per heavy atom. The van der Waals surface area contributed by atoms with Gasteiger partial charge in [-0.1, -0.05) is 6.07 Å². The van der Waals surface area contributed by atoms with Crippen molar-refractivity contribution in [2.24, 2.45) is 5.92 Å². The lowest BCUT2D eigenvalue weighted by molar-refractivity contribution is -0.120. The van der Waals surface area contributed by atoms with Crippen molar-refractivity contribution >= 4 is 27.3 Å². The van der Waals surface area contributed by atoms with Crippen molar-refractivity contribution in [3.05, 3.63) is 24.3 Å². The van der Waals surface area contributed by atoms with Crippen LogP contribution in [0.1, 0.15) is 25.7 Å². The zero-order valence-corrected chi connectivity index (χ0v) is 13.9. The molecule has 1 aromatic rings. The van der Waals surface area contributed by atoms with Gasteiger partial charge in [-0.2, -0.15) is 0 Å². The van der Waals surface area contributed by atoms with Crippen molar-refractivity contribution in [3.8, 4) is 0 Å². The fourth-order valence-electron chi connectivity index (χ4n) is 3.15. The van der Waals surface area contributed by atoms with Gasteiger partial charge in [0.25, 0.3) is 0 Å². The predicted octanol–water partition coefficient (Wildman–Crippen LogP) is 1.55. The van der Waals surface area contributed by atoms with Gasteiger partial charge in [0, 0.05) is 18.2 Å². The highest BCUT2D eigenvalue weighted by molar-refractivity contribution is 7.92. The lowest BCUT2D eigenvalue weighted by Gasteiger charge is -2.28. The van der Waals surface area contributed by atoms with Crippen molar-refractivity contribution in [2.75, 3.05) is 35.0 Å². The molecule has 3 rings (SSSR count). The summed E-state index contributed by atoms with van der Waals surface area (Å²) in [5.41, 5.74) is 1.29. The minimum atomic E-state index is -3.23. The number of nitrogens with zero attached hydrogens (tertiary/aromatic N) is 1. The Balaban J connectivity index is 1.73. The van der Waals surface area contributed by atoms with Gasteiger partial charge in [0.05, 0.1) is 11.4 Å². The van der Waals surface area contributed by atoms with Gasteiger partial charge >= 0.3 is 0 Å². The van der Waals surface area contributed by atoms with Crippen LogP contribution in [0.5, 0.6) is 0 Å². The van der Waals surface area contributed by atoms with Gasteiger partial charge in [-0.3, -0.25) is 9.10 Å². The number of benzene rings is 1. The first-order chi connectivity index (χ1) is 11.1. The number of hydrogen-bond donors (Lipinski definition) is 2. The predicted molar refractivity (Wildman–Crippen MR) is 91.0 cm³/mol. The molecule has 0 spiro atoms. The minimum absolute atomic E-state index is 0.0187. The lowest BCUT2D eigenvalue weighted by Crippen LogP contribution is -2.38. The fraction of sp³-hybridized carbons (Fsp3) is 0.562. The summed E-state index contributed by atoms with van der Waals surface area (Å²) in [5, 5.41) is 6.17. The van der Waals surface area contributed by atoms with E-state index in [1.54, 1.807) is 24.3 Å².